The third kappa shape index (κ3) is 4.99. The van der Waals surface area contributed by atoms with Crippen molar-refractivity contribution in [3.05, 3.63) is 34.3 Å². The molecule has 0 unspecified atom stereocenters. The van der Waals surface area contributed by atoms with Crippen LogP contribution in [0.15, 0.2) is 28.7 Å². The molecule has 0 amide bonds. The van der Waals surface area contributed by atoms with E-state index < -0.39 is 0 Å². The van der Waals surface area contributed by atoms with Crippen LogP contribution in [-0.4, -0.2) is 0 Å². The Kier molecular flexibility index (Phi) is 5.42. The molecule has 0 bridgehead atoms. The summed E-state index contributed by atoms with van der Waals surface area (Å²) in [5, 5.41) is 8.48. The van der Waals surface area contributed by atoms with Crippen molar-refractivity contribution in [2.75, 3.05) is 0 Å². The van der Waals surface area contributed by atoms with Crippen LogP contribution in [0.25, 0.3) is 0 Å². The summed E-state index contributed by atoms with van der Waals surface area (Å²) in [5.41, 5.74) is 1.37. The molecule has 80 valence electrons. The van der Waals surface area contributed by atoms with E-state index in [2.05, 4.69) is 47.1 Å². The fourth-order valence-electron chi connectivity index (χ4n) is 1.56. The Labute approximate surface area is 100 Å². The van der Waals surface area contributed by atoms with Crippen LogP contribution >= 0.6 is 15.9 Å². The van der Waals surface area contributed by atoms with Crippen molar-refractivity contribution in [2.24, 2.45) is 5.92 Å². The molecule has 0 spiro atoms. The number of benzene rings is 1. The zero-order valence-corrected chi connectivity index (χ0v) is 10.6. The lowest BCUT2D eigenvalue weighted by atomic mass is 9.97. The van der Waals surface area contributed by atoms with E-state index in [0.717, 1.165) is 23.7 Å². The van der Waals surface area contributed by atoms with Crippen molar-refractivity contribution < 1.29 is 0 Å². The summed E-state index contributed by atoms with van der Waals surface area (Å²) in [6.07, 6.45) is 3.97. The molecule has 1 rings (SSSR count). The number of hydrogen-bond donors (Lipinski definition) is 0. The first-order valence-corrected chi connectivity index (χ1v) is 6.13. The highest BCUT2D eigenvalue weighted by atomic mass is 79.9. The van der Waals surface area contributed by atoms with E-state index in [9.17, 15) is 0 Å². The molecule has 15 heavy (non-hydrogen) atoms. The predicted octanol–water partition coefficient (Wildman–Crippen LogP) is 4.32. The smallest absolute Gasteiger partial charge is 0.0621 e. The number of nitriles is 1. The van der Waals surface area contributed by atoms with E-state index in [0.29, 0.717) is 12.3 Å². The third-order valence-electron chi connectivity index (χ3n) is 2.56. The summed E-state index contributed by atoms with van der Waals surface area (Å²) < 4.78 is 1.14. The summed E-state index contributed by atoms with van der Waals surface area (Å²) in [6.45, 7) is 2.22. The van der Waals surface area contributed by atoms with Gasteiger partial charge in [-0.25, -0.2) is 0 Å². The summed E-state index contributed by atoms with van der Waals surface area (Å²) in [6, 6.07) is 10.6. The fourth-order valence-corrected chi connectivity index (χ4v) is 2.01. The SMILES string of the molecule is C[C@@H](CCC#N)CCc1cccc(Br)c1. The van der Waals surface area contributed by atoms with E-state index in [1.165, 1.54) is 5.56 Å². The molecule has 0 aliphatic heterocycles. The Bertz CT molecular complexity index is 341. The molecule has 0 fully saturated rings. The summed E-state index contributed by atoms with van der Waals surface area (Å²) in [7, 11) is 0. The maximum absolute atomic E-state index is 8.48. The fraction of sp³-hybridized carbons (Fsp3) is 0.462. The van der Waals surface area contributed by atoms with Gasteiger partial charge in [-0.05, 0) is 42.9 Å². The van der Waals surface area contributed by atoms with Crippen LogP contribution in [-0.2, 0) is 6.42 Å². The van der Waals surface area contributed by atoms with Crippen LogP contribution in [0.3, 0.4) is 0 Å². The van der Waals surface area contributed by atoms with Crippen molar-refractivity contribution in [3.8, 4) is 6.07 Å². The van der Waals surface area contributed by atoms with Crippen LogP contribution in [0.4, 0.5) is 0 Å². The molecule has 2 heteroatoms. The van der Waals surface area contributed by atoms with Crippen LogP contribution in [0.5, 0.6) is 0 Å². The number of aryl methyl sites for hydroxylation is 1. The van der Waals surface area contributed by atoms with Gasteiger partial charge in [0.2, 0.25) is 0 Å². The zero-order valence-electron chi connectivity index (χ0n) is 9.04. The lowest BCUT2D eigenvalue weighted by molar-refractivity contribution is 0.499. The minimum Gasteiger partial charge on any atom is -0.198 e. The monoisotopic (exact) mass is 265 g/mol. The van der Waals surface area contributed by atoms with Gasteiger partial charge in [0, 0.05) is 10.9 Å². The summed E-state index contributed by atoms with van der Waals surface area (Å²) in [5.74, 6) is 0.642. The molecular weight excluding hydrogens is 250 g/mol. The maximum atomic E-state index is 8.48. The Balaban J connectivity index is 2.34. The minimum atomic E-state index is 0.642. The summed E-state index contributed by atoms with van der Waals surface area (Å²) in [4.78, 5) is 0. The quantitative estimate of drug-likeness (QED) is 0.778. The van der Waals surface area contributed by atoms with E-state index >= 15 is 0 Å². The van der Waals surface area contributed by atoms with Crippen molar-refractivity contribution in [1.82, 2.24) is 0 Å². The Hall–Kier alpha value is -0.810. The Morgan fingerprint density at radius 3 is 2.87 bits per heavy atom. The van der Waals surface area contributed by atoms with Gasteiger partial charge in [-0.2, -0.15) is 5.26 Å². The molecule has 1 aromatic carbocycles. The highest BCUT2D eigenvalue weighted by Crippen LogP contribution is 2.17. The first-order valence-electron chi connectivity index (χ1n) is 5.33. The molecule has 1 atom stereocenters. The second-order valence-electron chi connectivity index (χ2n) is 3.97. The van der Waals surface area contributed by atoms with Crippen molar-refractivity contribution in [1.29, 1.82) is 5.26 Å². The predicted molar refractivity (Wildman–Crippen MR) is 66.5 cm³/mol. The highest BCUT2D eigenvalue weighted by Gasteiger charge is 2.02. The standard InChI is InChI=1S/C13H16BrN/c1-11(4-3-9-15)7-8-12-5-2-6-13(14)10-12/h2,5-6,10-11H,3-4,7-8H2,1H3/t11-/m0/s1. The molecule has 0 aromatic heterocycles. The highest BCUT2D eigenvalue weighted by molar-refractivity contribution is 9.10. The largest absolute Gasteiger partial charge is 0.198 e. The third-order valence-corrected chi connectivity index (χ3v) is 3.06. The summed E-state index contributed by atoms with van der Waals surface area (Å²) >= 11 is 3.47. The second-order valence-corrected chi connectivity index (χ2v) is 4.89. The maximum Gasteiger partial charge on any atom is 0.0621 e. The van der Waals surface area contributed by atoms with Gasteiger partial charge in [0.15, 0.2) is 0 Å². The van der Waals surface area contributed by atoms with E-state index in [1.54, 1.807) is 0 Å². The Morgan fingerprint density at radius 2 is 2.20 bits per heavy atom. The van der Waals surface area contributed by atoms with Gasteiger partial charge in [0.25, 0.3) is 0 Å². The molecule has 0 N–H and O–H groups in total. The van der Waals surface area contributed by atoms with Gasteiger partial charge in [0.1, 0.15) is 0 Å². The van der Waals surface area contributed by atoms with Gasteiger partial charge < -0.3 is 0 Å². The van der Waals surface area contributed by atoms with E-state index in [4.69, 9.17) is 5.26 Å². The van der Waals surface area contributed by atoms with Crippen LogP contribution < -0.4 is 0 Å². The Morgan fingerprint density at radius 1 is 1.40 bits per heavy atom. The number of halogens is 1. The van der Waals surface area contributed by atoms with Crippen molar-refractivity contribution in [3.63, 3.8) is 0 Å². The van der Waals surface area contributed by atoms with Crippen molar-refractivity contribution >= 4 is 15.9 Å². The van der Waals surface area contributed by atoms with Gasteiger partial charge in [-0.3, -0.25) is 0 Å². The molecule has 0 aliphatic carbocycles. The molecule has 0 saturated heterocycles. The first kappa shape index (κ1) is 12.3. The molecule has 1 aromatic rings. The van der Waals surface area contributed by atoms with Gasteiger partial charge in [-0.1, -0.05) is 35.0 Å². The van der Waals surface area contributed by atoms with Gasteiger partial charge >= 0.3 is 0 Å². The molecule has 0 radical (unpaired) electrons. The van der Waals surface area contributed by atoms with E-state index in [1.807, 2.05) is 6.07 Å². The lowest BCUT2D eigenvalue weighted by Gasteiger charge is -2.08. The zero-order chi connectivity index (χ0) is 11.1. The number of rotatable bonds is 5. The lowest BCUT2D eigenvalue weighted by Crippen LogP contribution is -1.97. The van der Waals surface area contributed by atoms with Gasteiger partial charge in [-0.15, -0.1) is 0 Å². The first-order chi connectivity index (χ1) is 7.22. The topological polar surface area (TPSA) is 23.8 Å². The van der Waals surface area contributed by atoms with Crippen molar-refractivity contribution in [2.45, 2.75) is 32.6 Å². The number of nitrogens with zero attached hydrogens (tertiary/aromatic N) is 1. The average molecular weight is 266 g/mol. The molecule has 0 heterocycles. The molecule has 0 saturated carbocycles. The van der Waals surface area contributed by atoms with Crippen LogP contribution in [0.2, 0.25) is 0 Å². The normalized spacial score (nSPS) is 12.1. The van der Waals surface area contributed by atoms with E-state index in [-0.39, 0.29) is 0 Å². The van der Waals surface area contributed by atoms with Crippen LogP contribution in [0, 0.1) is 17.2 Å². The van der Waals surface area contributed by atoms with Gasteiger partial charge in [0.05, 0.1) is 6.07 Å². The second kappa shape index (κ2) is 6.63. The molecular formula is C13H16BrN. The molecule has 0 aliphatic rings. The van der Waals surface area contributed by atoms with Crippen LogP contribution in [0.1, 0.15) is 31.7 Å². The average Bonchev–Trinajstić information content (AvgIpc) is 2.23. The number of hydrogen-bond acceptors (Lipinski definition) is 1. The minimum absolute atomic E-state index is 0.642. The molecule has 1 nitrogen and oxygen atoms in total.